The Hall–Kier alpha value is -1.31. The number of ether oxygens (including phenoxy) is 1. The summed E-state index contributed by atoms with van der Waals surface area (Å²) in [5.41, 5.74) is 0.688. The number of benzene rings is 1. The quantitative estimate of drug-likeness (QED) is 0.755. The van der Waals surface area contributed by atoms with Crippen molar-refractivity contribution in [3.63, 3.8) is 0 Å². The lowest BCUT2D eigenvalue weighted by atomic mass is 9.80. The van der Waals surface area contributed by atoms with Gasteiger partial charge in [0.15, 0.2) is 0 Å². The molecule has 2 nitrogen and oxygen atoms in total. The maximum atomic E-state index is 12.1. The van der Waals surface area contributed by atoms with Gasteiger partial charge >= 0.3 is 5.97 Å². The van der Waals surface area contributed by atoms with E-state index in [2.05, 4.69) is 0 Å². The molecule has 19 heavy (non-hydrogen) atoms. The first-order chi connectivity index (χ1) is 9.33. The van der Waals surface area contributed by atoms with Gasteiger partial charge in [-0.25, -0.2) is 4.79 Å². The third-order valence-electron chi connectivity index (χ3n) is 5.64. The summed E-state index contributed by atoms with van der Waals surface area (Å²) >= 11 is 0. The van der Waals surface area contributed by atoms with Gasteiger partial charge in [-0.2, -0.15) is 0 Å². The van der Waals surface area contributed by atoms with Crippen molar-refractivity contribution in [2.45, 2.75) is 38.2 Å². The lowest BCUT2D eigenvalue weighted by Gasteiger charge is -2.31. The fourth-order valence-electron chi connectivity index (χ4n) is 4.92. The topological polar surface area (TPSA) is 26.3 Å². The van der Waals surface area contributed by atoms with E-state index in [9.17, 15) is 4.79 Å². The molecule has 3 aliphatic rings. The Morgan fingerprint density at radius 1 is 1.00 bits per heavy atom. The molecule has 0 heterocycles. The Kier molecular flexibility index (Phi) is 2.64. The maximum Gasteiger partial charge on any atom is 0.338 e. The van der Waals surface area contributed by atoms with Crippen LogP contribution in [0.1, 0.15) is 42.5 Å². The van der Waals surface area contributed by atoms with Crippen molar-refractivity contribution in [3.05, 3.63) is 35.9 Å². The smallest absolute Gasteiger partial charge is 0.338 e. The van der Waals surface area contributed by atoms with Crippen LogP contribution in [0.2, 0.25) is 0 Å². The van der Waals surface area contributed by atoms with E-state index < -0.39 is 0 Å². The zero-order valence-corrected chi connectivity index (χ0v) is 11.1. The first kappa shape index (κ1) is 11.5. The second kappa shape index (κ2) is 4.36. The summed E-state index contributed by atoms with van der Waals surface area (Å²) in [7, 11) is 0. The van der Waals surface area contributed by atoms with Crippen molar-refractivity contribution in [1.29, 1.82) is 0 Å². The van der Waals surface area contributed by atoms with E-state index in [1.165, 1.54) is 25.7 Å². The zero-order valence-electron chi connectivity index (χ0n) is 11.1. The molecule has 0 aromatic heterocycles. The predicted molar refractivity (Wildman–Crippen MR) is 72.7 cm³/mol. The molecule has 0 radical (unpaired) electrons. The molecule has 3 fully saturated rings. The zero-order chi connectivity index (χ0) is 12.8. The minimum Gasteiger partial charge on any atom is -0.458 e. The highest BCUT2D eigenvalue weighted by Crippen LogP contribution is 2.59. The second-order valence-corrected chi connectivity index (χ2v) is 6.46. The van der Waals surface area contributed by atoms with Crippen LogP contribution in [0.25, 0.3) is 0 Å². The SMILES string of the molecule is O=C(O[C@H]1C[C@H]2C[C@H]1[C@H]1CCC[C@H]21)c1ccccc1. The van der Waals surface area contributed by atoms with Crippen LogP contribution in [0.15, 0.2) is 30.3 Å². The summed E-state index contributed by atoms with van der Waals surface area (Å²) < 4.78 is 5.80. The van der Waals surface area contributed by atoms with Gasteiger partial charge in [0.05, 0.1) is 5.56 Å². The van der Waals surface area contributed by atoms with Crippen LogP contribution >= 0.6 is 0 Å². The summed E-state index contributed by atoms with van der Waals surface area (Å²) in [6, 6.07) is 9.40. The molecule has 1 aromatic carbocycles. The van der Waals surface area contributed by atoms with E-state index in [4.69, 9.17) is 4.74 Å². The molecule has 100 valence electrons. The highest BCUT2D eigenvalue weighted by Gasteiger charge is 2.55. The van der Waals surface area contributed by atoms with Crippen molar-refractivity contribution >= 4 is 5.97 Å². The van der Waals surface area contributed by atoms with Gasteiger partial charge in [-0.05, 0) is 61.5 Å². The van der Waals surface area contributed by atoms with Gasteiger partial charge in [0.1, 0.15) is 6.10 Å². The molecule has 0 N–H and O–H groups in total. The summed E-state index contributed by atoms with van der Waals surface area (Å²) in [6.07, 6.45) is 6.79. The van der Waals surface area contributed by atoms with E-state index in [1.54, 1.807) is 0 Å². The summed E-state index contributed by atoms with van der Waals surface area (Å²) in [5, 5.41) is 0. The molecule has 1 aromatic rings. The fourth-order valence-corrected chi connectivity index (χ4v) is 4.92. The van der Waals surface area contributed by atoms with Crippen LogP contribution < -0.4 is 0 Å². The van der Waals surface area contributed by atoms with Gasteiger partial charge in [-0.15, -0.1) is 0 Å². The summed E-state index contributed by atoms with van der Waals surface area (Å²) in [6.45, 7) is 0. The Morgan fingerprint density at radius 2 is 1.79 bits per heavy atom. The maximum absolute atomic E-state index is 12.1. The molecule has 0 spiro atoms. The molecule has 4 rings (SSSR count). The van der Waals surface area contributed by atoms with Crippen LogP contribution in [0.3, 0.4) is 0 Å². The van der Waals surface area contributed by atoms with E-state index in [0.29, 0.717) is 11.5 Å². The fraction of sp³-hybridized carbons (Fsp3) is 0.588. The molecular formula is C17H20O2. The molecule has 3 saturated carbocycles. The Labute approximate surface area is 114 Å². The number of fused-ring (bicyclic) bond motifs is 5. The Morgan fingerprint density at radius 3 is 2.63 bits per heavy atom. The molecule has 0 aliphatic heterocycles. The van der Waals surface area contributed by atoms with Gasteiger partial charge in [-0.1, -0.05) is 24.6 Å². The second-order valence-electron chi connectivity index (χ2n) is 6.46. The average molecular weight is 256 g/mol. The summed E-state index contributed by atoms with van der Waals surface area (Å²) in [4.78, 5) is 12.1. The van der Waals surface area contributed by atoms with E-state index in [0.717, 1.165) is 24.2 Å². The van der Waals surface area contributed by atoms with Gasteiger partial charge in [0.25, 0.3) is 0 Å². The third kappa shape index (κ3) is 1.80. The van der Waals surface area contributed by atoms with Crippen molar-refractivity contribution in [2.24, 2.45) is 23.7 Å². The van der Waals surface area contributed by atoms with Crippen molar-refractivity contribution < 1.29 is 9.53 Å². The predicted octanol–water partition coefficient (Wildman–Crippen LogP) is 3.67. The molecule has 2 heteroatoms. The van der Waals surface area contributed by atoms with E-state index >= 15 is 0 Å². The molecule has 0 saturated heterocycles. The number of carbonyl (C=O) groups is 1. The monoisotopic (exact) mass is 256 g/mol. The van der Waals surface area contributed by atoms with Crippen LogP contribution in [0, 0.1) is 23.7 Å². The van der Waals surface area contributed by atoms with Gasteiger partial charge < -0.3 is 4.74 Å². The normalized spacial score (nSPS) is 39.3. The van der Waals surface area contributed by atoms with Crippen LogP contribution in [-0.2, 0) is 4.74 Å². The van der Waals surface area contributed by atoms with Crippen LogP contribution in [0.5, 0.6) is 0 Å². The van der Waals surface area contributed by atoms with Crippen LogP contribution in [0.4, 0.5) is 0 Å². The number of hydrogen-bond donors (Lipinski definition) is 0. The van der Waals surface area contributed by atoms with E-state index in [-0.39, 0.29) is 12.1 Å². The number of hydrogen-bond acceptors (Lipinski definition) is 2. The number of esters is 1. The Bertz CT molecular complexity index is 481. The highest BCUT2D eigenvalue weighted by atomic mass is 16.5. The van der Waals surface area contributed by atoms with Gasteiger partial charge in [0.2, 0.25) is 0 Å². The van der Waals surface area contributed by atoms with Gasteiger partial charge in [-0.3, -0.25) is 0 Å². The van der Waals surface area contributed by atoms with Crippen molar-refractivity contribution in [2.75, 3.05) is 0 Å². The standard InChI is InChI=1S/C17H20O2/c18-17(11-5-2-1-3-6-11)19-16-10-12-9-15(16)14-8-4-7-13(12)14/h1-3,5-6,12-16H,4,7-10H2/t12-,13-,14+,15+,16+/m1/s1. The lowest BCUT2D eigenvalue weighted by Crippen LogP contribution is -2.32. The summed E-state index contributed by atoms with van der Waals surface area (Å²) in [5.74, 6) is 3.17. The molecule has 0 unspecified atom stereocenters. The highest BCUT2D eigenvalue weighted by molar-refractivity contribution is 5.89. The Balaban J connectivity index is 1.46. The molecule has 2 bridgehead atoms. The minimum atomic E-state index is -0.132. The van der Waals surface area contributed by atoms with E-state index in [1.807, 2.05) is 30.3 Å². The molecule has 5 atom stereocenters. The number of rotatable bonds is 2. The molecule has 3 aliphatic carbocycles. The molecular weight excluding hydrogens is 236 g/mol. The average Bonchev–Trinajstić information content (AvgIpc) is 3.11. The lowest BCUT2D eigenvalue weighted by molar-refractivity contribution is 0.00143. The molecule has 0 amide bonds. The minimum absolute atomic E-state index is 0.132. The van der Waals surface area contributed by atoms with Crippen molar-refractivity contribution in [1.82, 2.24) is 0 Å². The third-order valence-corrected chi connectivity index (χ3v) is 5.64. The number of carbonyl (C=O) groups excluding carboxylic acids is 1. The van der Waals surface area contributed by atoms with Gasteiger partial charge in [0, 0.05) is 0 Å². The van der Waals surface area contributed by atoms with Crippen LogP contribution in [-0.4, -0.2) is 12.1 Å². The first-order valence-electron chi connectivity index (χ1n) is 7.59. The first-order valence-corrected chi connectivity index (χ1v) is 7.59. The largest absolute Gasteiger partial charge is 0.458 e. The van der Waals surface area contributed by atoms with Crippen molar-refractivity contribution in [3.8, 4) is 0 Å².